The number of nitrogens with one attached hydrogen (secondary N) is 1. The molecule has 1 aromatic heterocycles. The lowest BCUT2D eigenvalue weighted by molar-refractivity contribution is -0.121. The van der Waals surface area contributed by atoms with Crippen molar-refractivity contribution < 1.29 is 4.79 Å². The molecule has 0 radical (unpaired) electrons. The predicted molar refractivity (Wildman–Crippen MR) is 89.0 cm³/mol. The van der Waals surface area contributed by atoms with E-state index in [0.717, 1.165) is 18.8 Å². The first-order valence-corrected chi connectivity index (χ1v) is 8.00. The van der Waals surface area contributed by atoms with Gasteiger partial charge in [0.2, 0.25) is 5.91 Å². The quantitative estimate of drug-likeness (QED) is 0.912. The summed E-state index contributed by atoms with van der Waals surface area (Å²) >= 11 is 0. The number of nitrogens with zero attached hydrogens (tertiary/aromatic N) is 3. The summed E-state index contributed by atoms with van der Waals surface area (Å²) in [4.78, 5) is 22.8. The van der Waals surface area contributed by atoms with Crippen LogP contribution in [0.4, 0.5) is 0 Å². The van der Waals surface area contributed by atoms with Gasteiger partial charge in [0.05, 0.1) is 5.69 Å². The zero-order valence-electron chi connectivity index (χ0n) is 13.4. The van der Waals surface area contributed by atoms with Crippen LogP contribution in [0.5, 0.6) is 0 Å². The van der Waals surface area contributed by atoms with E-state index in [1.165, 1.54) is 5.56 Å². The molecule has 120 valence electrons. The largest absolute Gasteiger partial charge is 0.351 e. The van der Waals surface area contributed by atoms with Gasteiger partial charge >= 0.3 is 0 Å². The molecule has 0 aliphatic carbocycles. The average molecular weight is 310 g/mol. The standard InChI is InChI=1S/C18H22N4O/c1-22-12-16(14-5-3-2-4-6-14)17(13-22)21-18(23)8-7-15-11-19-9-10-20-15/h2-6,9-11,16-17H,7-8,12-13H2,1H3,(H,21,23)/t16-,17-/m0/s1. The Kier molecular flexibility index (Phi) is 4.98. The van der Waals surface area contributed by atoms with Gasteiger partial charge in [-0.3, -0.25) is 14.8 Å². The van der Waals surface area contributed by atoms with Gasteiger partial charge in [-0.15, -0.1) is 0 Å². The van der Waals surface area contributed by atoms with Crippen molar-refractivity contribution in [3.63, 3.8) is 0 Å². The highest BCUT2D eigenvalue weighted by atomic mass is 16.1. The summed E-state index contributed by atoms with van der Waals surface area (Å²) in [7, 11) is 2.10. The fourth-order valence-electron chi connectivity index (χ4n) is 3.16. The Hall–Kier alpha value is -2.27. The van der Waals surface area contributed by atoms with Gasteiger partial charge in [0.15, 0.2) is 0 Å². The minimum Gasteiger partial charge on any atom is -0.351 e. The second-order valence-corrected chi connectivity index (χ2v) is 6.11. The molecule has 2 atom stereocenters. The van der Waals surface area contributed by atoms with Gasteiger partial charge in [-0.1, -0.05) is 30.3 Å². The third-order valence-electron chi connectivity index (χ3n) is 4.30. The number of carbonyl (C=O) groups excluding carboxylic acids is 1. The highest BCUT2D eigenvalue weighted by Crippen LogP contribution is 2.26. The lowest BCUT2D eigenvalue weighted by atomic mass is 9.94. The summed E-state index contributed by atoms with van der Waals surface area (Å²) in [5, 5.41) is 3.20. The Morgan fingerprint density at radius 2 is 2.09 bits per heavy atom. The summed E-state index contributed by atoms with van der Waals surface area (Å²) in [5.41, 5.74) is 2.14. The summed E-state index contributed by atoms with van der Waals surface area (Å²) in [6, 6.07) is 10.6. The van der Waals surface area contributed by atoms with E-state index >= 15 is 0 Å². The van der Waals surface area contributed by atoms with E-state index in [1.54, 1.807) is 18.6 Å². The third-order valence-corrected chi connectivity index (χ3v) is 4.30. The van der Waals surface area contributed by atoms with Crippen molar-refractivity contribution in [2.24, 2.45) is 0 Å². The molecule has 0 bridgehead atoms. The molecule has 0 unspecified atom stereocenters. The van der Waals surface area contributed by atoms with Gasteiger partial charge in [-0.25, -0.2) is 0 Å². The molecule has 1 N–H and O–H groups in total. The first-order valence-electron chi connectivity index (χ1n) is 8.00. The molecule has 0 saturated carbocycles. The SMILES string of the molecule is CN1C[C@H](NC(=O)CCc2cnccn2)[C@H](c2ccccc2)C1. The molecular weight excluding hydrogens is 288 g/mol. The van der Waals surface area contributed by atoms with E-state index in [4.69, 9.17) is 0 Å². The molecule has 1 aromatic carbocycles. The maximum atomic E-state index is 12.3. The maximum Gasteiger partial charge on any atom is 0.220 e. The van der Waals surface area contributed by atoms with Gasteiger partial charge < -0.3 is 10.2 Å². The molecular formula is C18H22N4O. The minimum atomic E-state index is 0.0804. The molecule has 1 fully saturated rings. The minimum absolute atomic E-state index is 0.0804. The first-order chi connectivity index (χ1) is 11.2. The normalized spacial score (nSPS) is 21.3. The fourth-order valence-corrected chi connectivity index (χ4v) is 3.16. The van der Waals surface area contributed by atoms with E-state index in [-0.39, 0.29) is 11.9 Å². The molecule has 2 aromatic rings. The van der Waals surface area contributed by atoms with Crippen molar-refractivity contribution in [3.8, 4) is 0 Å². The Morgan fingerprint density at radius 3 is 2.83 bits per heavy atom. The molecule has 1 amide bonds. The highest BCUT2D eigenvalue weighted by molar-refractivity contribution is 5.76. The van der Waals surface area contributed by atoms with Crippen LogP contribution in [-0.4, -0.2) is 47.0 Å². The number of rotatable bonds is 5. The van der Waals surface area contributed by atoms with Gasteiger partial charge in [0, 0.05) is 50.1 Å². The third kappa shape index (κ3) is 4.13. The Labute approximate surface area is 136 Å². The lowest BCUT2D eigenvalue weighted by Gasteiger charge is -2.20. The fraction of sp³-hybridized carbons (Fsp3) is 0.389. The van der Waals surface area contributed by atoms with Crippen molar-refractivity contribution in [1.29, 1.82) is 0 Å². The van der Waals surface area contributed by atoms with Crippen molar-refractivity contribution in [2.75, 3.05) is 20.1 Å². The first kappa shape index (κ1) is 15.6. The zero-order valence-corrected chi connectivity index (χ0v) is 13.4. The molecule has 23 heavy (non-hydrogen) atoms. The van der Waals surface area contributed by atoms with Crippen LogP contribution in [0.15, 0.2) is 48.9 Å². The summed E-state index contributed by atoms with van der Waals surface area (Å²) in [6.07, 6.45) is 6.08. The number of aromatic nitrogens is 2. The zero-order chi connectivity index (χ0) is 16.1. The Balaban J connectivity index is 1.58. The number of amides is 1. The summed E-state index contributed by atoms with van der Waals surface area (Å²) < 4.78 is 0. The number of carbonyl (C=O) groups is 1. The average Bonchev–Trinajstić information content (AvgIpc) is 2.95. The van der Waals surface area contributed by atoms with Crippen molar-refractivity contribution in [2.45, 2.75) is 24.8 Å². The molecule has 3 rings (SSSR count). The monoisotopic (exact) mass is 310 g/mol. The number of benzene rings is 1. The number of aryl methyl sites for hydroxylation is 1. The molecule has 1 aliphatic rings. The number of hydrogen-bond donors (Lipinski definition) is 1. The van der Waals surface area contributed by atoms with Crippen LogP contribution in [0.3, 0.4) is 0 Å². The topological polar surface area (TPSA) is 58.1 Å². The lowest BCUT2D eigenvalue weighted by Crippen LogP contribution is -2.39. The van der Waals surface area contributed by atoms with E-state index in [9.17, 15) is 4.79 Å². The second kappa shape index (κ2) is 7.33. The predicted octanol–water partition coefficient (Wildman–Crippen LogP) is 1.62. The molecule has 5 nitrogen and oxygen atoms in total. The van der Waals surface area contributed by atoms with Gasteiger partial charge in [-0.05, 0) is 19.0 Å². The number of likely N-dealkylation sites (N-methyl/N-ethyl adjacent to an activating group) is 1. The van der Waals surface area contributed by atoms with Gasteiger partial charge in [-0.2, -0.15) is 0 Å². The van der Waals surface area contributed by atoms with E-state index < -0.39 is 0 Å². The molecule has 0 spiro atoms. The summed E-state index contributed by atoms with van der Waals surface area (Å²) in [5.74, 6) is 0.429. The molecule has 1 aliphatic heterocycles. The summed E-state index contributed by atoms with van der Waals surface area (Å²) in [6.45, 7) is 1.86. The molecule has 5 heteroatoms. The smallest absolute Gasteiger partial charge is 0.220 e. The Morgan fingerprint density at radius 1 is 1.26 bits per heavy atom. The van der Waals surface area contributed by atoms with Crippen LogP contribution in [0.1, 0.15) is 23.6 Å². The van der Waals surface area contributed by atoms with E-state index in [0.29, 0.717) is 18.8 Å². The number of likely N-dealkylation sites (tertiary alicyclic amines) is 1. The maximum absolute atomic E-state index is 12.3. The Bertz CT molecular complexity index is 632. The van der Waals surface area contributed by atoms with E-state index in [1.807, 2.05) is 6.07 Å². The van der Waals surface area contributed by atoms with Crippen LogP contribution < -0.4 is 5.32 Å². The van der Waals surface area contributed by atoms with Crippen LogP contribution in [0.2, 0.25) is 0 Å². The van der Waals surface area contributed by atoms with E-state index in [2.05, 4.69) is 51.5 Å². The molecule has 2 heterocycles. The van der Waals surface area contributed by atoms with Crippen LogP contribution in [0.25, 0.3) is 0 Å². The highest BCUT2D eigenvalue weighted by Gasteiger charge is 2.32. The van der Waals surface area contributed by atoms with Gasteiger partial charge in [0.1, 0.15) is 0 Å². The molecule has 1 saturated heterocycles. The van der Waals surface area contributed by atoms with Crippen LogP contribution in [-0.2, 0) is 11.2 Å². The van der Waals surface area contributed by atoms with Crippen LogP contribution >= 0.6 is 0 Å². The van der Waals surface area contributed by atoms with Crippen molar-refractivity contribution in [1.82, 2.24) is 20.2 Å². The van der Waals surface area contributed by atoms with Gasteiger partial charge in [0.25, 0.3) is 0 Å². The number of hydrogen-bond acceptors (Lipinski definition) is 4. The van der Waals surface area contributed by atoms with Crippen molar-refractivity contribution in [3.05, 3.63) is 60.2 Å². The van der Waals surface area contributed by atoms with Crippen LogP contribution in [0, 0.1) is 0 Å². The second-order valence-electron chi connectivity index (χ2n) is 6.11. The van der Waals surface area contributed by atoms with Crippen molar-refractivity contribution >= 4 is 5.91 Å².